The van der Waals surface area contributed by atoms with Crippen LogP contribution >= 0.6 is 11.6 Å². The minimum Gasteiger partial charge on any atom is -0.486 e. The smallest absolute Gasteiger partial charge is 0.227 e. The zero-order valence-electron chi connectivity index (χ0n) is 15.1. The molecule has 6 nitrogen and oxygen atoms in total. The Kier molecular flexibility index (Phi) is 6.25. The SMILES string of the molecule is CCCNC(=O)C1CCCN(C(=O)Cc2cc(Cl)c3c(c2)OCCO3)C1. The van der Waals surface area contributed by atoms with E-state index in [0.717, 1.165) is 24.8 Å². The van der Waals surface area contributed by atoms with Crippen LogP contribution in [-0.2, 0) is 16.0 Å². The van der Waals surface area contributed by atoms with Gasteiger partial charge in [0.15, 0.2) is 11.5 Å². The van der Waals surface area contributed by atoms with Crippen molar-refractivity contribution in [3.8, 4) is 11.5 Å². The number of halogens is 1. The van der Waals surface area contributed by atoms with Crippen LogP contribution in [0.5, 0.6) is 11.5 Å². The van der Waals surface area contributed by atoms with Gasteiger partial charge in [-0.05, 0) is 37.0 Å². The van der Waals surface area contributed by atoms with Gasteiger partial charge in [0.2, 0.25) is 11.8 Å². The second-order valence-corrected chi connectivity index (χ2v) is 7.16. The predicted octanol–water partition coefficient (Wildman–Crippen LogP) is 2.42. The minimum absolute atomic E-state index is 0.00531. The first-order valence-electron chi connectivity index (χ1n) is 9.22. The normalized spacial score (nSPS) is 19.2. The van der Waals surface area contributed by atoms with Gasteiger partial charge in [-0.2, -0.15) is 0 Å². The van der Waals surface area contributed by atoms with E-state index < -0.39 is 0 Å². The maximum absolute atomic E-state index is 12.7. The molecule has 0 aliphatic carbocycles. The van der Waals surface area contributed by atoms with Crippen molar-refractivity contribution in [1.29, 1.82) is 0 Å². The summed E-state index contributed by atoms with van der Waals surface area (Å²) >= 11 is 6.25. The van der Waals surface area contributed by atoms with Gasteiger partial charge in [0.25, 0.3) is 0 Å². The number of benzene rings is 1. The van der Waals surface area contributed by atoms with E-state index in [2.05, 4.69) is 5.32 Å². The van der Waals surface area contributed by atoms with Gasteiger partial charge in [0, 0.05) is 19.6 Å². The Morgan fingerprint density at radius 2 is 2.12 bits per heavy atom. The van der Waals surface area contributed by atoms with E-state index in [-0.39, 0.29) is 24.2 Å². The summed E-state index contributed by atoms with van der Waals surface area (Å²) in [7, 11) is 0. The van der Waals surface area contributed by atoms with E-state index >= 15 is 0 Å². The largest absolute Gasteiger partial charge is 0.486 e. The number of hydrogen-bond donors (Lipinski definition) is 1. The molecule has 2 heterocycles. The number of nitrogens with zero attached hydrogens (tertiary/aromatic N) is 1. The Labute approximate surface area is 158 Å². The van der Waals surface area contributed by atoms with E-state index in [1.807, 2.05) is 13.0 Å². The van der Waals surface area contributed by atoms with Crippen LogP contribution in [0.3, 0.4) is 0 Å². The third-order valence-electron chi connectivity index (χ3n) is 4.71. The fraction of sp³-hybridized carbons (Fsp3) is 0.579. The highest BCUT2D eigenvalue weighted by atomic mass is 35.5. The van der Waals surface area contributed by atoms with Gasteiger partial charge in [-0.3, -0.25) is 9.59 Å². The fourth-order valence-corrected chi connectivity index (χ4v) is 3.65. The number of piperidine rings is 1. The molecule has 26 heavy (non-hydrogen) atoms. The van der Waals surface area contributed by atoms with Crippen molar-refractivity contribution in [2.75, 3.05) is 32.8 Å². The summed E-state index contributed by atoms with van der Waals surface area (Å²) in [6.45, 7) is 4.82. The topological polar surface area (TPSA) is 67.9 Å². The Morgan fingerprint density at radius 1 is 1.31 bits per heavy atom. The van der Waals surface area contributed by atoms with Gasteiger partial charge in [-0.25, -0.2) is 0 Å². The number of carbonyl (C=O) groups excluding carboxylic acids is 2. The Hall–Kier alpha value is -1.95. The number of likely N-dealkylation sites (tertiary alicyclic amines) is 1. The second kappa shape index (κ2) is 8.62. The van der Waals surface area contributed by atoms with Crippen LogP contribution in [0.4, 0.5) is 0 Å². The molecule has 1 atom stereocenters. The molecule has 0 bridgehead atoms. The Morgan fingerprint density at radius 3 is 2.92 bits per heavy atom. The van der Waals surface area contributed by atoms with Crippen LogP contribution in [0.1, 0.15) is 31.7 Å². The average molecular weight is 381 g/mol. The third kappa shape index (κ3) is 4.41. The summed E-state index contributed by atoms with van der Waals surface area (Å²) < 4.78 is 11.1. The quantitative estimate of drug-likeness (QED) is 0.851. The summed E-state index contributed by atoms with van der Waals surface area (Å²) in [6.07, 6.45) is 2.82. The van der Waals surface area contributed by atoms with E-state index in [9.17, 15) is 9.59 Å². The van der Waals surface area contributed by atoms with Crippen LogP contribution < -0.4 is 14.8 Å². The van der Waals surface area contributed by atoms with Crippen molar-refractivity contribution in [3.63, 3.8) is 0 Å². The number of rotatable bonds is 5. The fourth-order valence-electron chi connectivity index (χ4n) is 3.36. The van der Waals surface area contributed by atoms with Crippen LogP contribution in [-0.4, -0.2) is 49.6 Å². The summed E-state index contributed by atoms with van der Waals surface area (Å²) in [5.41, 5.74) is 0.793. The van der Waals surface area contributed by atoms with E-state index in [1.165, 1.54) is 0 Å². The first-order chi connectivity index (χ1) is 12.6. The van der Waals surface area contributed by atoms with E-state index in [0.29, 0.717) is 49.4 Å². The van der Waals surface area contributed by atoms with Crippen molar-refractivity contribution in [2.45, 2.75) is 32.6 Å². The predicted molar refractivity (Wildman–Crippen MR) is 98.8 cm³/mol. The van der Waals surface area contributed by atoms with Crippen molar-refractivity contribution >= 4 is 23.4 Å². The molecular formula is C19H25ClN2O4. The number of carbonyl (C=O) groups is 2. The summed E-state index contributed by atoms with van der Waals surface area (Å²) in [6, 6.07) is 3.57. The lowest BCUT2D eigenvalue weighted by atomic mass is 9.96. The van der Waals surface area contributed by atoms with Crippen LogP contribution in [0.15, 0.2) is 12.1 Å². The molecule has 1 N–H and O–H groups in total. The van der Waals surface area contributed by atoms with Crippen molar-refractivity contribution in [2.24, 2.45) is 5.92 Å². The summed E-state index contributed by atoms with van der Waals surface area (Å²) in [4.78, 5) is 26.7. The molecular weight excluding hydrogens is 356 g/mol. The molecule has 1 aromatic rings. The molecule has 0 spiro atoms. The van der Waals surface area contributed by atoms with Gasteiger partial charge >= 0.3 is 0 Å². The number of ether oxygens (including phenoxy) is 2. The van der Waals surface area contributed by atoms with Gasteiger partial charge in [-0.1, -0.05) is 18.5 Å². The molecule has 0 radical (unpaired) electrons. The molecule has 1 fully saturated rings. The maximum atomic E-state index is 12.7. The number of amides is 2. The monoisotopic (exact) mass is 380 g/mol. The zero-order valence-corrected chi connectivity index (χ0v) is 15.8. The lowest BCUT2D eigenvalue weighted by molar-refractivity contribution is -0.135. The highest BCUT2D eigenvalue weighted by molar-refractivity contribution is 6.32. The molecule has 1 unspecified atom stereocenters. The van der Waals surface area contributed by atoms with Gasteiger partial charge in [0.05, 0.1) is 17.4 Å². The van der Waals surface area contributed by atoms with Crippen LogP contribution in [0.2, 0.25) is 5.02 Å². The van der Waals surface area contributed by atoms with Gasteiger partial charge < -0.3 is 19.7 Å². The van der Waals surface area contributed by atoms with Crippen LogP contribution in [0.25, 0.3) is 0 Å². The molecule has 2 amide bonds. The molecule has 1 aromatic carbocycles. The van der Waals surface area contributed by atoms with Gasteiger partial charge in [-0.15, -0.1) is 0 Å². The molecule has 7 heteroatoms. The van der Waals surface area contributed by atoms with E-state index in [4.69, 9.17) is 21.1 Å². The molecule has 3 rings (SSSR count). The number of nitrogens with one attached hydrogen (secondary N) is 1. The lowest BCUT2D eigenvalue weighted by Gasteiger charge is -2.32. The zero-order chi connectivity index (χ0) is 18.5. The van der Waals surface area contributed by atoms with Crippen molar-refractivity contribution in [1.82, 2.24) is 10.2 Å². The number of fused-ring (bicyclic) bond motifs is 1. The summed E-state index contributed by atoms with van der Waals surface area (Å²) in [5.74, 6) is 1.06. The molecule has 2 aliphatic heterocycles. The standard InChI is InChI=1S/C19H25ClN2O4/c1-2-5-21-19(24)14-4-3-6-22(12-14)17(23)11-13-9-15(20)18-16(10-13)25-7-8-26-18/h9-10,14H,2-8,11-12H2,1H3,(H,21,24). The number of hydrogen-bond acceptors (Lipinski definition) is 4. The van der Waals surface area contributed by atoms with Crippen LogP contribution in [0, 0.1) is 5.92 Å². The first kappa shape index (κ1) is 18.8. The average Bonchev–Trinajstić information content (AvgIpc) is 2.66. The maximum Gasteiger partial charge on any atom is 0.227 e. The molecule has 1 saturated heterocycles. The lowest BCUT2D eigenvalue weighted by Crippen LogP contribution is -2.46. The highest BCUT2D eigenvalue weighted by Gasteiger charge is 2.28. The van der Waals surface area contributed by atoms with E-state index in [1.54, 1.807) is 11.0 Å². The molecule has 0 saturated carbocycles. The Balaban J connectivity index is 1.62. The van der Waals surface area contributed by atoms with Crippen molar-refractivity contribution in [3.05, 3.63) is 22.7 Å². The highest BCUT2D eigenvalue weighted by Crippen LogP contribution is 2.38. The third-order valence-corrected chi connectivity index (χ3v) is 4.99. The minimum atomic E-state index is -0.122. The first-order valence-corrected chi connectivity index (χ1v) is 9.59. The Bertz CT molecular complexity index is 680. The van der Waals surface area contributed by atoms with Gasteiger partial charge in [0.1, 0.15) is 13.2 Å². The summed E-state index contributed by atoms with van der Waals surface area (Å²) in [5, 5.41) is 3.39. The molecule has 2 aliphatic rings. The van der Waals surface area contributed by atoms with Crippen molar-refractivity contribution < 1.29 is 19.1 Å². The molecule has 142 valence electrons. The molecule has 0 aromatic heterocycles. The second-order valence-electron chi connectivity index (χ2n) is 6.75.